The van der Waals surface area contributed by atoms with Crippen molar-refractivity contribution in [3.05, 3.63) is 57.4 Å². The van der Waals surface area contributed by atoms with Gasteiger partial charge in [0.05, 0.1) is 35.0 Å². The highest BCUT2D eigenvalue weighted by Gasteiger charge is 2.29. The van der Waals surface area contributed by atoms with Gasteiger partial charge in [0, 0.05) is 5.02 Å². The predicted molar refractivity (Wildman–Crippen MR) is 106 cm³/mol. The zero-order chi connectivity index (χ0) is 22.4. The Hall–Kier alpha value is -2.53. The molecule has 0 unspecified atom stereocenters. The summed E-state index contributed by atoms with van der Waals surface area (Å²) in [5, 5.41) is 8.16. The number of sulfonamides is 1. The molecule has 0 atom stereocenters. The van der Waals surface area contributed by atoms with Crippen LogP contribution in [0.2, 0.25) is 5.02 Å². The maximum Gasteiger partial charge on any atom is 0.333 e. The summed E-state index contributed by atoms with van der Waals surface area (Å²) in [6, 6.07) is 3.96. The number of hydrogen-bond donors (Lipinski definition) is 1. The molecular formula is C18H19ClF3N5O2S. The van der Waals surface area contributed by atoms with Gasteiger partial charge in [0.25, 0.3) is 10.0 Å². The first kappa shape index (κ1) is 22.2. The van der Waals surface area contributed by atoms with Crippen molar-refractivity contribution in [3.63, 3.8) is 0 Å². The number of rotatable bonds is 6. The average molecular weight is 462 g/mol. The molecule has 0 amide bonds. The molecule has 0 aliphatic rings. The Morgan fingerprint density at radius 3 is 2.33 bits per heavy atom. The Kier molecular flexibility index (Phi) is 5.87. The summed E-state index contributed by atoms with van der Waals surface area (Å²) in [5.74, 6) is -0.472. The highest BCUT2D eigenvalue weighted by atomic mass is 35.5. The molecule has 0 bridgehead atoms. The Bertz CT molecular complexity index is 1220. The Balaban J connectivity index is 1.96. The summed E-state index contributed by atoms with van der Waals surface area (Å²) < 4.78 is 69.6. The normalized spacial score (nSPS) is 12.0. The van der Waals surface area contributed by atoms with E-state index in [2.05, 4.69) is 14.9 Å². The summed E-state index contributed by atoms with van der Waals surface area (Å²) in [5.41, 5.74) is 1.47. The van der Waals surface area contributed by atoms with Crippen LogP contribution in [-0.4, -0.2) is 28.0 Å². The van der Waals surface area contributed by atoms with E-state index in [0.717, 1.165) is 0 Å². The van der Waals surface area contributed by atoms with E-state index in [1.54, 1.807) is 13.8 Å². The minimum Gasteiger partial charge on any atom is -0.276 e. The molecule has 0 aliphatic carbocycles. The van der Waals surface area contributed by atoms with Gasteiger partial charge in [-0.1, -0.05) is 17.7 Å². The van der Waals surface area contributed by atoms with E-state index in [1.807, 2.05) is 0 Å². The minimum atomic E-state index is -4.20. The van der Waals surface area contributed by atoms with E-state index in [-0.39, 0.29) is 33.5 Å². The van der Waals surface area contributed by atoms with Crippen LogP contribution in [0.3, 0.4) is 0 Å². The van der Waals surface area contributed by atoms with Crippen LogP contribution in [0.5, 0.6) is 0 Å². The molecule has 1 aromatic carbocycles. The Labute approximate surface area is 176 Å². The van der Waals surface area contributed by atoms with E-state index in [0.29, 0.717) is 21.6 Å². The number of aryl methyl sites for hydroxylation is 2. The number of aromatic nitrogens is 4. The van der Waals surface area contributed by atoms with Crippen LogP contribution in [0.15, 0.2) is 23.1 Å². The van der Waals surface area contributed by atoms with Crippen molar-refractivity contribution in [1.29, 1.82) is 0 Å². The third-order valence-corrected chi connectivity index (χ3v) is 6.62. The van der Waals surface area contributed by atoms with E-state index >= 15 is 0 Å². The maximum atomic E-state index is 13.3. The number of nitrogens with one attached hydrogen (secondary N) is 1. The molecule has 3 rings (SSSR count). The van der Waals surface area contributed by atoms with Crippen molar-refractivity contribution in [2.75, 3.05) is 4.72 Å². The van der Waals surface area contributed by atoms with Crippen molar-refractivity contribution in [2.24, 2.45) is 0 Å². The third-order valence-electron chi connectivity index (χ3n) is 4.67. The molecule has 30 heavy (non-hydrogen) atoms. The monoisotopic (exact) mass is 461 g/mol. The van der Waals surface area contributed by atoms with Gasteiger partial charge >= 0.3 is 6.55 Å². The molecule has 0 saturated heterocycles. The molecule has 0 saturated carbocycles. The summed E-state index contributed by atoms with van der Waals surface area (Å²) in [6.45, 7) is 3.10. The van der Waals surface area contributed by atoms with Gasteiger partial charge in [0.1, 0.15) is 10.7 Å². The molecule has 12 heteroatoms. The largest absolute Gasteiger partial charge is 0.333 e. The fourth-order valence-electron chi connectivity index (χ4n) is 3.22. The minimum absolute atomic E-state index is 0.0407. The number of halogens is 4. The predicted octanol–water partition coefficient (Wildman–Crippen LogP) is 4.35. The standard InChI is InChI=1S/C18H19ClF3N5O2S/c1-9-16(11(3)26(23-9)8-13-5-6-14(20)7-15(13)19)25-30(28,29)17-10(2)24-27(12(17)4)18(21)22/h5-7,18,25H,8H2,1-4H3. The van der Waals surface area contributed by atoms with Crippen molar-refractivity contribution in [2.45, 2.75) is 45.7 Å². The smallest absolute Gasteiger partial charge is 0.276 e. The molecule has 1 N–H and O–H groups in total. The van der Waals surface area contributed by atoms with Crippen molar-refractivity contribution in [1.82, 2.24) is 19.6 Å². The topological polar surface area (TPSA) is 81.8 Å². The Morgan fingerprint density at radius 1 is 1.10 bits per heavy atom. The van der Waals surface area contributed by atoms with Crippen LogP contribution in [0.25, 0.3) is 0 Å². The van der Waals surface area contributed by atoms with E-state index in [1.165, 1.54) is 36.7 Å². The summed E-state index contributed by atoms with van der Waals surface area (Å²) in [7, 11) is -4.20. The number of benzene rings is 1. The van der Waals surface area contributed by atoms with Crippen LogP contribution in [0.4, 0.5) is 18.9 Å². The lowest BCUT2D eigenvalue weighted by Crippen LogP contribution is -2.16. The third kappa shape index (κ3) is 4.04. The van der Waals surface area contributed by atoms with Gasteiger partial charge in [-0.05, 0) is 45.4 Å². The fourth-order valence-corrected chi connectivity index (χ4v) is 5.03. The second kappa shape index (κ2) is 7.95. The van der Waals surface area contributed by atoms with E-state index in [9.17, 15) is 21.6 Å². The number of nitrogens with zero attached hydrogens (tertiary/aromatic N) is 4. The highest BCUT2D eigenvalue weighted by Crippen LogP contribution is 2.29. The number of anilines is 1. The molecule has 0 aliphatic heterocycles. The highest BCUT2D eigenvalue weighted by molar-refractivity contribution is 7.92. The lowest BCUT2D eigenvalue weighted by atomic mass is 10.2. The van der Waals surface area contributed by atoms with Crippen LogP contribution < -0.4 is 4.72 Å². The van der Waals surface area contributed by atoms with Crippen LogP contribution >= 0.6 is 11.6 Å². The second-order valence-electron chi connectivity index (χ2n) is 6.77. The van der Waals surface area contributed by atoms with Crippen molar-refractivity contribution in [3.8, 4) is 0 Å². The van der Waals surface area contributed by atoms with Gasteiger partial charge < -0.3 is 0 Å². The first-order valence-electron chi connectivity index (χ1n) is 8.77. The first-order chi connectivity index (χ1) is 13.9. The average Bonchev–Trinajstić information content (AvgIpc) is 3.08. The van der Waals surface area contributed by atoms with Gasteiger partial charge in [-0.3, -0.25) is 9.40 Å². The van der Waals surface area contributed by atoms with Crippen LogP contribution in [0.1, 0.15) is 34.9 Å². The number of alkyl halides is 2. The molecule has 2 heterocycles. The first-order valence-corrected chi connectivity index (χ1v) is 10.6. The molecule has 162 valence electrons. The van der Waals surface area contributed by atoms with Gasteiger partial charge in [0.15, 0.2) is 0 Å². The Morgan fingerprint density at radius 2 is 1.77 bits per heavy atom. The number of hydrogen-bond acceptors (Lipinski definition) is 4. The zero-order valence-corrected chi connectivity index (χ0v) is 18.1. The molecule has 2 aromatic heterocycles. The SMILES string of the molecule is Cc1nn(Cc2ccc(F)cc2Cl)c(C)c1NS(=O)(=O)c1c(C)nn(C(F)F)c1C. The van der Waals surface area contributed by atoms with Gasteiger partial charge in [-0.25, -0.2) is 17.5 Å². The van der Waals surface area contributed by atoms with Gasteiger partial charge in [-0.15, -0.1) is 0 Å². The van der Waals surface area contributed by atoms with Gasteiger partial charge in [0.2, 0.25) is 0 Å². The van der Waals surface area contributed by atoms with Gasteiger partial charge in [-0.2, -0.15) is 19.0 Å². The molecule has 0 radical (unpaired) electrons. The lowest BCUT2D eigenvalue weighted by Gasteiger charge is -2.10. The molecular weight excluding hydrogens is 443 g/mol. The van der Waals surface area contributed by atoms with E-state index in [4.69, 9.17) is 11.6 Å². The molecule has 0 fully saturated rings. The lowest BCUT2D eigenvalue weighted by molar-refractivity contribution is 0.0538. The fraction of sp³-hybridized carbons (Fsp3) is 0.333. The summed E-state index contributed by atoms with van der Waals surface area (Å²) >= 11 is 6.06. The van der Waals surface area contributed by atoms with E-state index < -0.39 is 22.4 Å². The van der Waals surface area contributed by atoms with Crippen LogP contribution in [-0.2, 0) is 16.6 Å². The van der Waals surface area contributed by atoms with Crippen molar-refractivity contribution < 1.29 is 21.6 Å². The van der Waals surface area contributed by atoms with Crippen molar-refractivity contribution >= 4 is 27.3 Å². The quantitative estimate of drug-likeness (QED) is 0.591. The second-order valence-corrected chi connectivity index (χ2v) is 8.79. The van der Waals surface area contributed by atoms with Crippen LogP contribution in [0, 0.1) is 33.5 Å². The zero-order valence-electron chi connectivity index (χ0n) is 16.5. The molecule has 0 spiro atoms. The molecule has 3 aromatic rings. The summed E-state index contributed by atoms with van der Waals surface area (Å²) in [4.78, 5) is -0.309. The summed E-state index contributed by atoms with van der Waals surface area (Å²) in [6.07, 6.45) is 0. The maximum absolute atomic E-state index is 13.3. The molecule has 7 nitrogen and oxygen atoms in total.